The molecule has 0 radical (unpaired) electrons. The minimum absolute atomic E-state index is 0.0714. The monoisotopic (exact) mass is 479 g/mol. The summed E-state index contributed by atoms with van der Waals surface area (Å²) < 4.78 is 27.2. The first-order chi connectivity index (χ1) is 16.3. The third kappa shape index (κ3) is 3.53. The van der Waals surface area contributed by atoms with Crippen LogP contribution in [0, 0.1) is 25.5 Å². The Labute approximate surface area is 200 Å². The Morgan fingerprint density at radius 2 is 1.82 bits per heavy atom. The number of anilines is 2. The summed E-state index contributed by atoms with van der Waals surface area (Å²) in [5.74, 6) is -1.57. The second-order valence-electron chi connectivity index (χ2n) is 8.53. The van der Waals surface area contributed by atoms with Gasteiger partial charge in [0.25, 0.3) is 5.91 Å². The van der Waals surface area contributed by atoms with Gasteiger partial charge in [0.05, 0.1) is 12.2 Å². The van der Waals surface area contributed by atoms with Crippen LogP contribution in [0.3, 0.4) is 0 Å². The normalized spacial score (nSPS) is 19.1. The molecule has 8 heteroatoms. The molecule has 2 aliphatic rings. The van der Waals surface area contributed by atoms with Crippen molar-refractivity contribution in [1.82, 2.24) is 4.90 Å². The van der Waals surface area contributed by atoms with E-state index in [1.165, 1.54) is 17.8 Å². The molecule has 5 rings (SSSR count). The van der Waals surface area contributed by atoms with Crippen LogP contribution in [0.4, 0.5) is 25.0 Å². The number of amides is 3. The van der Waals surface area contributed by atoms with Gasteiger partial charge in [-0.3, -0.25) is 9.69 Å². The summed E-state index contributed by atoms with van der Waals surface area (Å²) in [7, 11) is 0. The van der Waals surface area contributed by atoms with Crippen LogP contribution in [0.5, 0.6) is 0 Å². The number of fused-ring (bicyclic) bond motifs is 2. The second-order valence-corrected chi connectivity index (χ2v) is 9.82. The van der Waals surface area contributed by atoms with E-state index in [4.69, 9.17) is 0 Å². The van der Waals surface area contributed by atoms with Crippen LogP contribution in [0.25, 0.3) is 0 Å². The number of carbonyl (C=O) groups excluding carboxylic acids is 2. The number of benzene rings is 3. The second kappa shape index (κ2) is 8.43. The molecule has 1 N–H and O–H groups in total. The van der Waals surface area contributed by atoms with E-state index in [0.29, 0.717) is 29.2 Å². The molecule has 5 nitrogen and oxygen atoms in total. The van der Waals surface area contributed by atoms with Crippen molar-refractivity contribution in [3.8, 4) is 0 Å². The van der Waals surface area contributed by atoms with E-state index in [-0.39, 0.29) is 18.5 Å². The van der Waals surface area contributed by atoms with Gasteiger partial charge in [-0.15, -0.1) is 11.8 Å². The highest BCUT2D eigenvalue weighted by Crippen LogP contribution is 2.54. The van der Waals surface area contributed by atoms with Gasteiger partial charge in [-0.1, -0.05) is 30.3 Å². The fourth-order valence-electron chi connectivity index (χ4n) is 4.56. The lowest BCUT2D eigenvalue weighted by molar-refractivity contribution is -0.123. The van der Waals surface area contributed by atoms with Crippen molar-refractivity contribution in [2.45, 2.75) is 25.3 Å². The Bertz CT molecular complexity index is 1310. The van der Waals surface area contributed by atoms with Crippen molar-refractivity contribution in [3.63, 3.8) is 0 Å². The number of aryl methyl sites for hydroxylation is 2. The van der Waals surface area contributed by atoms with E-state index >= 15 is 0 Å². The van der Waals surface area contributed by atoms with E-state index in [1.807, 2.05) is 56.3 Å². The standard InChI is InChI=1S/C26H23F2N3O2S/c1-16-7-9-19(13-17(16)2)29-25(33)31-11-12-34-26(31)20-5-3-4-6-23(20)30(24(26)32)15-18-8-10-21(27)22(28)14-18/h3-10,13-14H,11-12,15H2,1-2H3,(H,29,33)/t26-/m0/s1. The molecule has 1 spiro atoms. The van der Waals surface area contributed by atoms with Crippen molar-refractivity contribution >= 4 is 35.1 Å². The Morgan fingerprint density at radius 1 is 1.03 bits per heavy atom. The lowest BCUT2D eigenvalue weighted by Crippen LogP contribution is -2.51. The molecule has 0 unspecified atom stereocenters. The zero-order valence-corrected chi connectivity index (χ0v) is 19.6. The molecule has 0 aromatic heterocycles. The molecule has 1 atom stereocenters. The zero-order valence-electron chi connectivity index (χ0n) is 18.8. The van der Waals surface area contributed by atoms with Gasteiger partial charge in [-0.05, 0) is 60.9 Å². The van der Waals surface area contributed by atoms with Gasteiger partial charge in [0, 0.05) is 23.5 Å². The topological polar surface area (TPSA) is 52.7 Å². The number of hydrogen-bond donors (Lipinski definition) is 1. The molecule has 3 aromatic rings. The number of para-hydroxylation sites is 1. The predicted molar refractivity (Wildman–Crippen MR) is 130 cm³/mol. The molecule has 2 aliphatic heterocycles. The first-order valence-corrected chi connectivity index (χ1v) is 11.9. The number of nitrogens with one attached hydrogen (secondary N) is 1. The van der Waals surface area contributed by atoms with Crippen LogP contribution in [-0.4, -0.2) is 29.1 Å². The maximum atomic E-state index is 13.9. The van der Waals surface area contributed by atoms with Crippen molar-refractivity contribution in [2.24, 2.45) is 0 Å². The quantitative estimate of drug-likeness (QED) is 0.535. The van der Waals surface area contributed by atoms with Gasteiger partial charge in [0.1, 0.15) is 0 Å². The number of halogens is 2. The maximum Gasteiger partial charge on any atom is 0.323 e. The molecular formula is C26H23F2N3O2S. The summed E-state index contributed by atoms with van der Waals surface area (Å²) in [4.78, 5) is 29.3. The molecule has 1 fully saturated rings. The van der Waals surface area contributed by atoms with Gasteiger partial charge in [-0.25, -0.2) is 13.6 Å². The van der Waals surface area contributed by atoms with Crippen molar-refractivity contribution in [2.75, 3.05) is 22.5 Å². The van der Waals surface area contributed by atoms with Crippen molar-refractivity contribution in [1.29, 1.82) is 0 Å². The van der Waals surface area contributed by atoms with E-state index in [0.717, 1.165) is 28.8 Å². The average molecular weight is 480 g/mol. The third-order valence-corrected chi connectivity index (χ3v) is 7.85. The molecule has 0 bridgehead atoms. The number of hydrogen-bond acceptors (Lipinski definition) is 3. The van der Waals surface area contributed by atoms with Gasteiger partial charge in [0.15, 0.2) is 16.5 Å². The summed E-state index contributed by atoms with van der Waals surface area (Å²) in [5, 5.41) is 2.94. The fourth-order valence-corrected chi connectivity index (χ4v) is 6.02. The number of carbonyl (C=O) groups is 2. The molecule has 0 aliphatic carbocycles. The minimum atomic E-state index is -1.21. The molecule has 174 valence electrons. The van der Waals surface area contributed by atoms with Crippen LogP contribution in [0.1, 0.15) is 22.3 Å². The maximum absolute atomic E-state index is 13.9. The lowest BCUT2D eigenvalue weighted by atomic mass is 10.1. The SMILES string of the molecule is Cc1ccc(NC(=O)N2CCS[C@@]23C(=O)N(Cc2ccc(F)c(F)c2)c2ccccc23)cc1C. The number of thioether (sulfide) groups is 1. The summed E-state index contributed by atoms with van der Waals surface area (Å²) in [5.41, 5.74) is 4.70. The zero-order chi connectivity index (χ0) is 24.0. The summed E-state index contributed by atoms with van der Waals surface area (Å²) in [6.45, 7) is 4.45. The Kier molecular flexibility index (Phi) is 5.56. The van der Waals surface area contributed by atoms with Gasteiger partial charge < -0.3 is 10.2 Å². The van der Waals surface area contributed by atoms with E-state index in [9.17, 15) is 18.4 Å². The largest absolute Gasteiger partial charge is 0.323 e. The van der Waals surface area contributed by atoms with Crippen molar-refractivity contribution < 1.29 is 18.4 Å². The highest BCUT2D eigenvalue weighted by atomic mass is 32.2. The lowest BCUT2D eigenvalue weighted by Gasteiger charge is -2.33. The fraction of sp³-hybridized carbons (Fsp3) is 0.231. The smallest absolute Gasteiger partial charge is 0.308 e. The van der Waals surface area contributed by atoms with Gasteiger partial charge >= 0.3 is 6.03 Å². The average Bonchev–Trinajstić information content (AvgIpc) is 3.36. The molecule has 2 heterocycles. The molecule has 0 saturated carbocycles. The minimum Gasteiger partial charge on any atom is -0.308 e. The molecule has 3 aromatic carbocycles. The van der Waals surface area contributed by atoms with E-state index in [1.54, 1.807) is 9.80 Å². The van der Waals surface area contributed by atoms with Gasteiger partial charge in [0.2, 0.25) is 0 Å². The van der Waals surface area contributed by atoms with Crippen molar-refractivity contribution in [3.05, 3.63) is 94.6 Å². The van der Waals surface area contributed by atoms with Crippen LogP contribution in [0.2, 0.25) is 0 Å². The van der Waals surface area contributed by atoms with E-state index < -0.39 is 16.5 Å². The third-order valence-electron chi connectivity index (χ3n) is 6.43. The Morgan fingerprint density at radius 3 is 2.59 bits per heavy atom. The van der Waals surface area contributed by atoms with E-state index in [2.05, 4.69) is 5.32 Å². The molecule has 3 amide bonds. The molecular weight excluding hydrogens is 456 g/mol. The Hall–Kier alpha value is -3.39. The number of nitrogens with zero attached hydrogens (tertiary/aromatic N) is 2. The highest BCUT2D eigenvalue weighted by molar-refractivity contribution is 8.01. The van der Waals surface area contributed by atoms with Crippen LogP contribution < -0.4 is 10.2 Å². The summed E-state index contributed by atoms with van der Waals surface area (Å²) in [6.07, 6.45) is 0. The molecule has 1 saturated heterocycles. The van der Waals surface area contributed by atoms with Crippen LogP contribution in [0.15, 0.2) is 60.7 Å². The summed E-state index contributed by atoms with van der Waals surface area (Å²) in [6, 6.07) is 16.3. The van der Waals surface area contributed by atoms with Crippen LogP contribution in [-0.2, 0) is 16.2 Å². The Balaban J connectivity index is 1.49. The molecule has 34 heavy (non-hydrogen) atoms. The number of rotatable bonds is 3. The van der Waals surface area contributed by atoms with Crippen LogP contribution >= 0.6 is 11.8 Å². The van der Waals surface area contributed by atoms with Gasteiger partial charge in [-0.2, -0.15) is 0 Å². The predicted octanol–water partition coefficient (Wildman–Crippen LogP) is 5.56. The number of urea groups is 1. The highest BCUT2D eigenvalue weighted by Gasteiger charge is 2.59. The summed E-state index contributed by atoms with van der Waals surface area (Å²) >= 11 is 1.42. The first-order valence-electron chi connectivity index (χ1n) is 11.0. The first kappa shape index (κ1) is 22.4.